The summed E-state index contributed by atoms with van der Waals surface area (Å²) in [5.41, 5.74) is 0.523. The van der Waals surface area contributed by atoms with E-state index in [2.05, 4.69) is 10.6 Å². The minimum Gasteiger partial charge on any atom is -0.493 e. The maximum Gasteiger partial charge on any atom is 0.335 e. The molecule has 2 N–H and O–H groups in total. The Morgan fingerprint density at radius 1 is 1.03 bits per heavy atom. The van der Waals surface area contributed by atoms with Gasteiger partial charge in [-0.2, -0.15) is 0 Å². The first kappa shape index (κ1) is 26.7. The summed E-state index contributed by atoms with van der Waals surface area (Å²) in [5.74, 6) is -2.81. The van der Waals surface area contributed by atoms with Gasteiger partial charge in [-0.15, -0.1) is 0 Å². The number of nitrogens with one attached hydrogen (secondary N) is 2. The Labute approximate surface area is 228 Å². The van der Waals surface area contributed by atoms with Crippen molar-refractivity contribution in [3.05, 3.63) is 87.0 Å². The van der Waals surface area contributed by atoms with Gasteiger partial charge in [0.15, 0.2) is 18.1 Å². The largest absolute Gasteiger partial charge is 0.493 e. The number of nitrogens with zero attached hydrogens (tertiary/aromatic N) is 1. The fourth-order valence-corrected chi connectivity index (χ4v) is 4.26. The number of benzene rings is 3. The van der Waals surface area contributed by atoms with Crippen LogP contribution in [-0.4, -0.2) is 37.5 Å². The molecule has 0 radical (unpaired) electrons. The average Bonchev–Trinajstić information content (AvgIpc) is 2.88. The minimum atomic E-state index is -0.960. The van der Waals surface area contributed by atoms with Crippen molar-refractivity contribution in [2.24, 2.45) is 0 Å². The van der Waals surface area contributed by atoms with Crippen molar-refractivity contribution in [3.63, 3.8) is 0 Å². The van der Waals surface area contributed by atoms with E-state index in [9.17, 15) is 28.0 Å². The van der Waals surface area contributed by atoms with Crippen molar-refractivity contribution in [2.75, 3.05) is 23.9 Å². The maximum absolute atomic E-state index is 13.3. The first-order valence-electron chi connectivity index (χ1n) is 10.9. The third kappa shape index (κ3) is 5.96. The van der Waals surface area contributed by atoms with Crippen LogP contribution in [0.15, 0.2) is 66.2 Å². The predicted octanol–water partition coefficient (Wildman–Crippen LogP) is 4.26. The first-order valence-corrected chi connectivity index (χ1v) is 12.0. The van der Waals surface area contributed by atoms with Crippen LogP contribution in [0.2, 0.25) is 0 Å². The van der Waals surface area contributed by atoms with E-state index in [1.54, 1.807) is 6.07 Å². The monoisotopic (exact) mass is 633 g/mol. The molecule has 0 atom stereocenters. The molecule has 1 aliphatic rings. The van der Waals surface area contributed by atoms with Gasteiger partial charge in [0.2, 0.25) is 0 Å². The van der Waals surface area contributed by atoms with E-state index >= 15 is 0 Å². The third-order valence-corrected chi connectivity index (χ3v) is 6.03. The molecular formula is C26H18F2IN3O6. The summed E-state index contributed by atoms with van der Waals surface area (Å²) in [6.07, 6.45) is 1.27. The van der Waals surface area contributed by atoms with E-state index in [1.807, 2.05) is 22.6 Å². The molecule has 0 spiro atoms. The van der Waals surface area contributed by atoms with Crippen LogP contribution in [0.4, 0.5) is 25.0 Å². The number of hydrogen-bond acceptors (Lipinski definition) is 6. The van der Waals surface area contributed by atoms with Crippen LogP contribution in [-0.2, 0) is 14.4 Å². The van der Waals surface area contributed by atoms with Crippen molar-refractivity contribution in [2.45, 2.75) is 0 Å². The Kier molecular flexibility index (Phi) is 8.00. The fraction of sp³-hybridized carbons (Fsp3) is 0.0769. The molecule has 1 heterocycles. The summed E-state index contributed by atoms with van der Waals surface area (Å²) in [6.45, 7) is -0.375. The number of anilines is 2. The van der Waals surface area contributed by atoms with Gasteiger partial charge in [0.05, 0.1) is 16.4 Å². The molecule has 0 saturated carbocycles. The van der Waals surface area contributed by atoms with Crippen molar-refractivity contribution in [1.29, 1.82) is 0 Å². The van der Waals surface area contributed by atoms with Crippen LogP contribution in [0.5, 0.6) is 11.5 Å². The summed E-state index contributed by atoms with van der Waals surface area (Å²) in [4.78, 5) is 50.8. The molecule has 0 aliphatic carbocycles. The normalized spacial score (nSPS) is 14.4. The Morgan fingerprint density at radius 3 is 2.29 bits per heavy atom. The zero-order valence-electron chi connectivity index (χ0n) is 19.6. The van der Waals surface area contributed by atoms with Crippen molar-refractivity contribution >= 4 is 63.8 Å². The molecule has 1 fully saturated rings. The second-order valence-electron chi connectivity index (χ2n) is 7.81. The summed E-state index contributed by atoms with van der Waals surface area (Å²) in [5, 5.41) is 4.67. The highest BCUT2D eigenvalue weighted by molar-refractivity contribution is 14.1. The Hall–Kier alpha value is -4.33. The molecular weight excluding hydrogens is 615 g/mol. The summed E-state index contributed by atoms with van der Waals surface area (Å²) < 4.78 is 37.9. The highest BCUT2D eigenvalue weighted by Gasteiger charge is 2.36. The average molecular weight is 633 g/mol. The SMILES string of the molecule is COc1cc(/C=C2\C(=O)NC(=O)N(c3ccc(F)cc3)C2=O)cc(I)c1OCC(=O)Nc1ccc(F)cc1. The number of methoxy groups -OCH3 is 1. The molecule has 3 aromatic rings. The van der Waals surface area contributed by atoms with Gasteiger partial charge in [-0.05, 0) is 94.9 Å². The topological polar surface area (TPSA) is 114 Å². The van der Waals surface area contributed by atoms with Crippen LogP contribution in [0.3, 0.4) is 0 Å². The van der Waals surface area contributed by atoms with Crippen LogP contribution < -0.4 is 25.0 Å². The molecule has 12 heteroatoms. The van der Waals surface area contributed by atoms with Crippen LogP contribution >= 0.6 is 22.6 Å². The van der Waals surface area contributed by atoms with Gasteiger partial charge in [-0.25, -0.2) is 18.5 Å². The van der Waals surface area contributed by atoms with E-state index in [4.69, 9.17) is 9.47 Å². The number of barbiturate groups is 1. The van der Waals surface area contributed by atoms with Gasteiger partial charge in [-0.3, -0.25) is 19.7 Å². The number of carbonyl (C=O) groups excluding carboxylic acids is 4. The van der Waals surface area contributed by atoms with E-state index in [0.29, 0.717) is 14.8 Å². The van der Waals surface area contributed by atoms with Gasteiger partial charge >= 0.3 is 6.03 Å². The van der Waals surface area contributed by atoms with Crippen molar-refractivity contribution < 1.29 is 37.4 Å². The zero-order valence-corrected chi connectivity index (χ0v) is 21.7. The molecule has 9 nitrogen and oxygen atoms in total. The second kappa shape index (κ2) is 11.4. The Balaban J connectivity index is 1.55. The number of imide groups is 2. The lowest BCUT2D eigenvalue weighted by molar-refractivity contribution is -0.122. The fourth-order valence-electron chi connectivity index (χ4n) is 3.48. The predicted molar refractivity (Wildman–Crippen MR) is 142 cm³/mol. The Bertz CT molecular complexity index is 1460. The second-order valence-corrected chi connectivity index (χ2v) is 8.97. The van der Waals surface area contributed by atoms with Gasteiger partial charge < -0.3 is 14.8 Å². The molecule has 0 bridgehead atoms. The summed E-state index contributed by atoms with van der Waals surface area (Å²) >= 11 is 1.94. The standard InChI is InChI=1S/C26H18F2IN3O6/c1-37-21-12-14(11-20(29)23(21)38-13-22(33)30-17-6-2-15(27)3-7-17)10-19-24(34)31-26(36)32(25(19)35)18-8-4-16(28)5-9-18/h2-12H,13H2,1H3,(H,30,33)(H,31,34,36)/b19-10+. The van der Waals surface area contributed by atoms with E-state index in [-0.39, 0.29) is 29.4 Å². The molecule has 1 saturated heterocycles. The van der Waals surface area contributed by atoms with E-state index < -0.39 is 35.4 Å². The minimum absolute atomic E-state index is 0.0853. The van der Waals surface area contributed by atoms with Gasteiger partial charge in [0, 0.05) is 5.69 Å². The number of rotatable bonds is 7. The molecule has 3 aromatic carbocycles. The lowest BCUT2D eigenvalue weighted by atomic mass is 10.1. The Morgan fingerprint density at radius 2 is 1.66 bits per heavy atom. The van der Waals surface area contributed by atoms with E-state index in [0.717, 1.165) is 17.0 Å². The van der Waals surface area contributed by atoms with Crippen molar-refractivity contribution in [3.8, 4) is 11.5 Å². The first-order chi connectivity index (χ1) is 18.2. The summed E-state index contributed by atoms with van der Waals surface area (Å²) in [6, 6.07) is 12.0. The van der Waals surface area contributed by atoms with E-state index in [1.165, 1.54) is 55.7 Å². The zero-order chi connectivity index (χ0) is 27.4. The molecule has 0 aromatic heterocycles. The molecule has 194 valence electrons. The molecule has 38 heavy (non-hydrogen) atoms. The number of hydrogen-bond donors (Lipinski definition) is 2. The third-order valence-electron chi connectivity index (χ3n) is 5.22. The van der Waals surface area contributed by atoms with Gasteiger partial charge in [0.25, 0.3) is 17.7 Å². The highest BCUT2D eigenvalue weighted by Crippen LogP contribution is 2.35. The number of amides is 5. The summed E-state index contributed by atoms with van der Waals surface area (Å²) in [7, 11) is 1.38. The molecule has 0 unspecified atom stereocenters. The van der Waals surface area contributed by atoms with Crippen LogP contribution in [0.1, 0.15) is 5.56 Å². The number of halogens is 3. The van der Waals surface area contributed by atoms with Gasteiger partial charge in [0.1, 0.15) is 17.2 Å². The van der Waals surface area contributed by atoms with Crippen LogP contribution in [0.25, 0.3) is 6.08 Å². The molecule has 1 aliphatic heterocycles. The van der Waals surface area contributed by atoms with Gasteiger partial charge in [-0.1, -0.05) is 0 Å². The smallest absolute Gasteiger partial charge is 0.335 e. The number of carbonyl (C=O) groups is 4. The van der Waals surface area contributed by atoms with Crippen LogP contribution in [0, 0.1) is 15.2 Å². The highest BCUT2D eigenvalue weighted by atomic mass is 127. The lowest BCUT2D eigenvalue weighted by Gasteiger charge is -2.26. The number of urea groups is 1. The molecule has 5 amide bonds. The number of ether oxygens (including phenoxy) is 2. The molecule has 4 rings (SSSR count). The quantitative estimate of drug-likeness (QED) is 0.229. The van der Waals surface area contributed by atoms with Crippen molar-refractivity contribution in [1.82, 2.24) is 5.32 Å². The maximum atomic E-state index is 13.3. The lowest BCUT2D eigenvalue weighted by Crippen LogP contribution is -2.54.